The van der Waals surface area contributed by atoms with E-state index in [2.05, 4.69) is 6.92 Å². The Hall–Kier alpha value is -0.0800. The molecule has 2 nitrogen and oxygen atoms in total. The molecule has 0 amide bonds. The van der Waals surface area contributed by atoms with Crippen molar-refractivity contribution in [3.63, 3.8) is 0 Å². The standard InChI is InChI=1S/C7H15NO/c1-6(5-8)7-3-2-4-9-7/h6-7H,2-5,8H2,1H3. The summed E-state index contributed by atoms with van der Waals surface area (Å²) < 4.78 is 5.43. The lowest BCUT2D eigenvalue weighted by molar-refractivity contribution is 0.0724. The zero-order valence-electron chi connectivity index (χ0n) is 5.97. The number of rotatable bonds is 2. The summed E-state index contributed by atoms with van der Waals surface area (Å²) in [5.74, 6) is 0.549. The molecule has 0 bridgehead atoms. The van der Waals surface area contributed by atoms with Gasteiger partial charge in [0.15, 0.2) is 0 Å². The van der Waals surface area contributed by atoms with E-state index in [0.29, 0.717) is 12.0 Å². The molecule has 0 aliphatic carbocycles. The van der Waals surface area contributed by atoms with Gasteiger partial charge in [-0.15, -0.1) is 0 Å². The van der Waals surface area contributed by atoms with Crippen molar-refractivity contribution in [1.29, 1.82) is 0 Å². The van der Waals surface area contributed by atoms with E-state index in [1.165, 1.54) is 12.8 Å². The van der Waals surface area contributed by atoms with Crippen LogP contribution in [0.1, 0.15) is 19.8 Å². The maximum Gasteiger partial charge on any atom is 0.0613 e. The zero-order valence-corrected chi connectivity index (χ0v) is 5.97. The smallest absolute Gasteiger partial charge is 0.0613 e. The average molecular weight is 129 g/mol. The minimum atomic E-state index is 0.454. The summed E-state index contributed by atoms with van der Waals surface area (Å²) in [7, 11) is 0. The van der Waals surface area contributed by atoms with Crippen LogP contribution in [0.3, 0.4) is 0 Å². The molecule has 2 N–H and O–H groups in total. The molecule has 0 radical (unpaired) electrons. The Morgan fingerprint density at radius 3 is 3.00 bits per heavy atom. The summed E-state index contributed by atoms with van der Waals surface area (Å²) in [6, 6.07) is 0. The number of hydrogen-bond donors (Lipinski definition) is 1. The van der Waals surface area contributed by atoms with Gasteiger partial charge in [0, 0.05) is 6.61 Å². The maximum atomic E-state index is 5.47. The van der Waals surface area contributed by atoms with Crippen LogP contribution in [0.2, 0.25) is 0 Å². The van der Waals surface area contributed by atoms with E-state index in [1.54, 1.807) is 0 Å². The lowest BCUT2D eigenvalue weighted by Crippen LogP contribution is -2.24. The molecule has 2 atom stereocenters. The predicted molar refractivity (Wildman–Crippen MR) is 37.2 cm³/mol. The van der Waals surface area contributed by atoms with Gasteiger partial charge in [-0.3, -0.25) is 0 Å². The highest BCUT2D eigenvalue weighted by molar-refractivity contribution is 4.71. The van der Waals surface area contributed by atoms with Crippen molar-refractivity contribution in [2.75, 3.05) is 13.2 Å². The van der Waals surface area contributed by atoms with Crippen LogP contribution in [0.25, 0.3) is 0 Å². The third-order valence-electron chi connectivity index (χ3n) is 1.97. The van der Waals surface area contributed by atoms with Crippen LogP contribution in [0.5, 0.6) is 0 Å². The summed E-state index contributed by atoms with van der Waals surface area (Å²) in [5.41, 5.74) is 5.47. The van der Waals surface area contributed by atoms with Crippen molar-refractivity contribution in [2.24, 2.45) is 11.7 Å². The van der Waals surface area contributed by atoms with Crippen molar-refractivity contribution in [3.8, 4) is 0 Å². The molecule has 9 heavy (non-hydrogen) atoms. The fourth-order valence-corrected chi connectivity index (χ4v) is 1.20. The third kappa shape index (κ3) is 1.66. The van der Waals surface area contributed by atoms with E-state index in [4.69, 9.17) is 10.5 Å². The molecular weight excluding hydrogens is 114 g/mol. The molecule has 1 fully saturated rings. The molecule has 1 rings (SSSR count). The van der Waals surface area contributed by atoms with Crippen molar-refractivity contribution >= 4 is 0 Å². The van der Waals surface area contributed by atoms with Gasteiger partial charge in [-0.05, 0) is 25.3 Å². The minimum absolute atomic E-state index is 0.454. The van der Waals surface area contributed by atoms with Gasteiger partial charge in [0.2, 0.25) is 0 Å². The Kier molecular flexibility index (Phi) is 2.49. The van der Waals surface area contributed by atoms with Gasteiger partial charge in [0.25, 0.3) is 0 Å². The maximum absolute atomic E-state index is 5.47. The quantitative estimate of drug-likeness (QED) is 0.597. The normalized spacial score (nSPS) is 30.7. The molecule has 0 aromatic heterocycles. The average Bonchev–Trinajstić information content (AvgIpc) is 2.37. The summed E-state index contributed by atoms with van der Waals surface area (Å²) in [6.07, 6.45) is 2.88. The first-order valence-corrected chi connectivity index (χ1v) is 3.66. The van der Waals surface area contributed by atoms with Crippen LogP contribution in [0, 0.1) is 5.92 Å². The van der Waals surface area contributed by atoms with Gasteiger partial charge in [-0.2, -0.15) is 0 Å². The second-order valence-electron chi connectivity index (χ2n) is 2.76. The second-order valence-corrected chi connectivity index (χ2v) is 2.76. The predicted octanol–water partition coefficient (Wildman–Crippen LogP) is 0.760. The first kappa shape index (κ1) is 7.03. The first-order valence-electron chi connectivity index (χ1n) is 3.66. The Bertz CT molecular complexity index is 79.0. The molecule has 0 aromatic carbocycles. The molecule has 0 spiro atoms. The molecule has 1 saturated heterocycles. The second kappa shape index (κ2) is 3.18. The molecule has 54 valence electrons. The van der Waals surface area contributed by atoms with Crippen molar-refractivity contribution in [1.82, 2.24) is 0 Å². The largest absolute Gasteiger partial charge is 0.378 e. The van der Waals surface area contributed by atoms with Crippen LogP contribution < -0.4 is 5.73 Å². The summed E-state index contributed by atoms with van der Waals surface area (Å²) >= 11 is 0. The molecule has 1 heterocycles. The molecule has 0 aromatic rings. The monoisotopic (exact) mass is 129 g/mol. The third-order valence-corrected chi connectivity index (χ3v) is 1.97. The molecule has 1 aliphatic rings. The van der Waals surface area contributed by atoms with E-state index in [1.807, 2.05) is 0 Å². The highest BCUT2D eigenvalue weighted by atomic mass is 16.5. The van der Waals surface area contributed by atoms with E-state index in [0.717, 1.165) is 13.2 Å². The lowest BCUT2D eigenvalue weighted by atomic mass is 10.0. The van der Waals surface area contributed by atoms with Crippen LogP contribution in [0.4, 0.5) is 0 Å². The van der Waals surface area contributed by atoms with Crippen LogP contribution in [0.15, 0.2) is 0 Å². The van der Waals surface area contributed by atoms with Gasteiger partial charge >= 0.3 is 0 Å². The first-order chi connectivity index (χ1) is 4.34. The van der Waals surface area contributed by atoms with E-state index in [-0.39, 0.29) is 0 Å². The lowest BCUT2D eigenvalue weighted by Gasteiger charge is -2.15. The van der Waals surface area contributed by atoms with Gasteiger partial charge in [-0.1, -0.05) is 6.92 Å². The fraction of sp³-hybridized carbons (Fsp3) is 1.00. The Morgan fingerprint density at radius 2 is 2.56 bits per heavy atom. The minimum Gasteiger partial charge on any atom is -0.378 e. The summed E-state index contributed by atoms with van der Waals surface area (Å²) in [6.45, 7) is 3.84. The van der Waals surface area contributed by atoms with Gasteiger partial charge < -0.3 is 10.5 Å². The van der Waals surface area contributed by atoms with Gasteiger partial charge in [0.05, 0.1) is 6.10 Å². The van der Waals surface area contributed by atoms with Gasteiger partial charge in [-0.25, -0.2) is 0 Å². The molecule has 1 aliphatic heterocycles. The topological polar surface area (TPSA) is 35.2 Å². The SMILES string of the molecule is CC(CN)C1CCCO1. The van der Waals surface area contributed by atoms with Gasteiger partial charge in [0.1, 0.15) is 0 Å². The Labute approximate surface area is 56.4 Å². The number of hydrogen-bond acceptors (Lipinski definition) is 2. The number of ether oxygens (including phenoxy) is 1. The van der Waals surface area contributed by atoms with Crippen LogP contribution in [-0.2, 0) is 4.74 Å². The Morgan fingerprint density at radius 1 is 1.78 bits per heavy atom. The summed E-state index contributed by atoms with van der Waals surface area (Å²) in [4.78, 5) is 0. The highest BCUT2D eigenvalue weighted by Crippen LogP contribution is 2.18. The van der Waals surface area contributed by atoms with Crippen molar-refractivity contribution in [2.45, 2.75) is 25.9 Å². The summed E-state index contributed by atoms with van der Waals surface area (Å²) in [5, 5.41) is 0. The van der Waals surface area contributed by atoms with E-state index >= 15 is 0 Å². The molecule has 2 unspecified atom stereocenters. The fourth-order valence-electron chi connectivity index (χ4n) is 1.20. The van der Waals surface area contributed by atoms with E-state index in [9.17, 15) is 0 Å². The Balaban J connectivity index is 2.24. The zero-order chi connectivity index (χ0) is 6.69. The highest BCUT2D eigenvalue weighted by Gasteiger charge is 2.20. The molecule has 0 saturated carbocycles. The van der Waals surface area contributed by atoms with Crippen molar-refractivity contribution in [3.05, 3.63) is 0 Å². The van der Waals surface area contributed by atoms with Crippen LogP contribution in [-0.4, -0.2) is 19.3 Å². The van der Waals surface area contributed by atoms with E-state index < -0.39 is 0 Å². The molecular formula is C7H15NO. The van der Waals surface area contributed by atoms with Crippen molar-refractivity contribution < 1.29 is 4.74 Å². The molecule has 2 heteroatoms. The number of nitrogens with two attached hydrogens (primary N) is 1. The van der Waals surface area contributed by atoms with Crippen LogP contribution >= 0.6 is 0 Å².